The molecule has 0 amide bonds. The molecule has 0 saturated carbocycles. The molecule has 142 valence electrons. The van der Waals surface area contributed by atoms with Crippen LogP contribution in [0, 0.1) is 23.5 Å². The first-order chi connectivity index (χ1) is 13.3. The van der Waals surface area contributed by atoms with Crippen molar-refractivity contribution in [2.75, 3.05) is 0 Å². The van der Waals surface area contributed by atoms with Gasteiger partial charge in [0.25, 0.3) is 0 Å². The smallest absolute Gasteiger partial charge is 0.201 e. The molecule has 0 saturated heterocycles. The van der Waals surface area contributed by atoms with E-state index in [0.29, 0.717) is 5.56 Å². The molecule has 1 N–H and O–H groups in total. The summed E-state index contributed by atoms with van der Waals surface area (Å²) in [5.74, 6) is 3.01. The molecule has 0 fully saturated rings. The van der Waals surface area contributed by atoms with E-state index in [-0.39, 0.29) is 23.7 Å². The summed E-state index contributed by atoms with van der Waals surface area (Å²) in [6, 6.07) is 11.9. The molecule has 1 heterocycles. The number of rotatable bonds is 4. The van der Waals surface area contributed by atoms with Crippen molar-refractivity contribution in [3.05, 3.63) is 77.6 Å². The highest BCUT2D eigenvalue weighted by molar-refractivity contribution is 5.58. The molecule has 1 aromatic heterocycles. The molecule has 6 heteroatoms. The second-order valence-corrected chi connectivity index (χ2v) is 6.62. The molecule has 3 rings (SSSR count). The molecule has 0 aliphatic heterocycles. The van der Waals surface area contributed by atoms with E-state index in [9.17, 15) is 13.9 Å². The Balaban J connectivity index is 1.79. The average Bonchev–Trinajstić information content (AvgIpc) is 2.68. The van der Waals surface area contributed by atoms with Crippen LogP contribution in [0.15, 0.2) is 54.9 Å². The summed E-state index contributed by atoms with van der Waals surface area (Å²) < 4.78 is 34.2. The lowest BCUT2D eigenvalue weighted by Gasteiger charge is -2.10. The first-order valence-electron chi connectivity index (χ1n) is 8.56. The number of nitrogens with zero attached hydrogens (tertiary/aromatic N) is 2. The molecular formula is C22H18F2N2O2. The van der Waals surface area contributed by atoms with E-state index in [1.807, 2.05) is 30.3 Å². The van der Waals surface area contributed by atoms with E-state index < -0.39 is 17.2 Å². The van der Waals surface area contributed by atoms with E-state index in [1.54, 1.807) is 13.8 Å². The van der Waals surface area contributed by atoms with Crippen molar-refractivity contribution in [3.63, 3.8) is 0 Å². The predicted molar refractivity (Wildman–Crippen MR) is 101 cm³/mol. The van der Waals surface area contributed by atoms with Crippen molar-refractivity contribution in [2.24, 2.45) is 0 Å². The fraction of sp³-hybridized carbons (Fsp3) is 0.182. The van der Waals surface area contributed by atoms with Crippen LogP contribution in [0.2, 0.25) is 0 Å². The van der Waals surface area contributed by atoms with E-state index in [0.717, 1.165) is 5.56 Å². The molecule has 2 aromatic carbocycles. The fourth-order valence-electron chi connectivity index (χ4n) is 2.31. The summed E-state index contributed by atoms with van der Waals surface area (Å²) in [5, 5.41) is 9.60. The van der Waals surface area contributed by atoms with Crippen molar-refractivity contribution in [3.8, 4) is 29.0 Å². The number of halogens is 2. The molecule has 0 radical (unpaired) electrons. The number of aromatic nitrogens is 2. The maximum absolute atomic E-state index is 14.5. The standard InChI is InChI=1S/C22H18F2N2O2/c1-22(2,27)11-10-16-12-25-21(26-13-16)17-8-9-18(20(24)19(17)23)28-14-15-6-4-3-5-7-15/h3-9,12-13,27H,14H2,1-2H3. The number of benzene rings is 2. The zero-order chi connectivity index (χ0) is 20.1. The Bertz CT molecular complexity index is 1020. The lowest BCUT2D eigenvalue weighted by molar-refractivity contribution is 0.143. The van der Waals surface area contributed by atoms with Gasteiger partial charge in [-0.05, 0) is 31.5 Å². The summed E-state index contributed by atoms with van der Waals surface area (Å²) >= 11 is 0. The quantitative estimate of drug-likeness (QED) is 0.692. The summed E-state index contributed by atoms with van der Waals surface area (Å²) in [6.45, 7) is 3.23. The van der Waals surface area contributed by atoms with Gasteiger partial charge in [-0.2, -0.15) is 4.39 Å². The minimum absolute atomic E-state index is 0.0276. The monoisotopic (exact) mass is 380 g/mol. The highest BCUT2D eigenvalue weighted by Crippen LogP contribution is 2.28. The topological polar surface area (TPSA) is 55.2 Å². The fourth-order valence-corrected chi connectivity index (χ4v) is 2.31. The molecule has 0 aliphatic carbocycles. The normalized spacial score (nSPS) is 10.9. The highest BCUT2D eigenvalue weighted by atomic mass is 19.2. The summed E-state index contributed by atoms with van der Waals surface area (Å²) in [4.78, 5) is 8.06. The van der Waals surface area contributed by atoms with Crippen molar-refractivity contribution in [1.29, 1.82) is 0 Å². The third kappa shape index (κ3) is 4.90. The van der Waals surface area contributed by atoms with Crippen LogP contribution in [0.4, 0.5) is 8.78 Å². The number of hydrogen-bond donors (Lipinski definition) is 1. The summed E-state index contributed by atoms with van der Waals surface area (Å²) in [5.41, 5.74) is 0.0716. The van der Waals surface area contributed by atoms with Gasteiger partial charge < -0.3 is 9.84 Å². The third-order valence-corrected chi connectivity index (χ3v) is 3.69. The lowest BCUT2D eigenvalue weighted by Crippen LogP contribution is -2.14. The maximum Gasteiger partial charge on any atom is 0.201 e. The van der Waals surface area contributed by atoms with Crippen molar-refractivity contribution in [1.82, 2.24) is 9.97 Å². The summed E-state index contributed by atoms with van der Waals surface area (Å²) in [7, 11) is 0. The number of ether oxygens (including phenoxy) is 1. The molecule has 0 aliphatic rings. The van der Waals surface area contributed by atoms with Gasteiger partial charge in [-0.3, -0.25) is 0 Å². The SMILES string of the molecule is CC(C)(O)C#Cc1cnc(-c2ccc(OCc3ccccc3)c(F)c2F)nc1. The van der Waals surface area contributed by atoms with Crippen LogP contribution in [-0.2, 0) is 6.61 Å². The Morgan fingerprint density at radius 1 is 1.00 bits per heavy atom. The Morgan fingerprint density at radius 2 is 1.68 bits per heavy atom. The molecule has 0 bridgehead atoms. The van der Waals surface area contributed by atoms with Crippen LogP contribution in [0.3, 0.4) is 0 Å². The maximum atomic E-state index is 14.5. The van der Waals surface area contributed by atoms with Gasteiger partial charge in [-0.1, -0.05) is 42.2 Å². The van der Waals surface area contributed by atoms with E-state index in [2.05, 4.69) is 21.8 Å². The zero-order valence-electron chi connectivity index (χ0n) is 15.4. The van der Waals surface area contributed by atoms with Crippen LogP contribution < -0.4 is 4.74 Å². The summed E-state index contributed by atoms with van der Waals surface area (Å²) in [6.07, 6.45) is 2.77. The highest BCUT2D eigenvalue weighted by Gasteiger charge is 2.17. The van der Waals surface area contributed by atoms with E-state index >= 15 is 0 Å². The van der Waals surface area contributed by atoms with Crippen molar-refractivity contribution < 1.29 is 18.6 Å². The van der Waals surface area contributed by atoms with Gasteiger partial charge >= 0.3 is 0 Å². The molecular weight excluding hydrogens is 362 g/mol. The second-order valence-electron chi connectivity index (χ2n) is 6.62. The largest absolute Gasteiger partial charge is 0.486 e. The molecule has 4 nitrogen and oxygen atoms in total. The Hall–Kier alpha value is -3.30. The van der Waals surface area contributed by atoms with Crippen molar-refractivity contribution in [2.45, 2.75) is 26.1 Å². The van der Waals surface area contributed by atoms with E-state index in [1.165, 1.54) is 24.5 Å². The first kappa shape index (κ1) is 19.5. The molecule has 0 unspecified atom stereocenters. The van der Waals surface area contributed by atoms with Crippen LogP contribution in [-0.4, -0.2) is 20.7 Å². The third-order valence-electron chi connectivity index (χ3n) is 3.69. The van der Waals surface area contributed by atoms with Crippen LogP contribution in [0.1, 0.15) is 25.0 Å². The molecule has 0 atom stereocenters. The zero-order valence-corrected chi connectivity index (χ0v) is 15.4. The Kier molecular flexibility index (Phi) is 5.67. The Morgan fingerprint density at radius 3 is 2.32 bits per heavy atom. The van der Waals surface area contributed by atoms with Gasteiger partial charge in [0.05, 0.1) is 11.1 Å². The predicted octanol–water partition coefficient (Wildman–Crippen LogP) is 4.12. The van der Waals surface area contributed by atoms with Gasteiger partial charge in [-0.25, -0.2) is 14.4 Å². The van der Waals surface area contributed by atoms with E-state index in [4.69, 9.17) is 4.74 Å². The first-order valence-corrected chi connectivity index (χ1v) is 8.56. The van der Waals surface area contributed by atoms with Gasteiger partial charge in [-0.15, -0.1) is 0 Å². The van der Waals surface area contributed by atoms with Gasteiger partial charge in [0.15, 0.2) is 17.4 Å². The molecule has 28 heavy (non-hydrogen) atoms. The number of hydrogen-bond acceptors (Lipinski definition) is 4. The van der Waals surface area contributed by atoms with Crippen LogP contribution >= 0.6 is 0 Å². The van der Waals surface area contributed by atoms with Gasteiger partial charge in [0, 0.05) is 12.4 Å². The minimum atomic E-state index is -1.15. The van der Waals surface area contributed by atoms with Crippen molar-refractivity contribution >= 4 is 0 Å². The minimum Gasteiger partial charge on any atom is -0.486 e. The second kappa shape index (κ2) is 8.15. The molecule has 0 spiro atoms. The van der Waals surface area contributed by atoms with Gasteiger partial charge in [0.1, 0.15) is 12.2 Å². The lowest BCUT2D eigenvalue weighted by atomic mass is 10.1. The van der Waals surface area contributed by atoms with Crippen LogP contribution in [0.25, 0.3) is 11.4 Å². The molecule has 3 aromatic rings. The Labute approximate surface area is 161 Å². The number of aliphatic hydroxyl groups is 1. The average molecular weight is 380 g/mol. The van der Waals surface area contributed by atoms with Crippen LogP contribution in [0.5, 0.6) is 5.75 Å². The van der Waals surface area contributed by atoms with Gasteiger partial charge in [0.2, 0.25) is 5.82 Å².